The first-order chi connectivity index (χ1) is 12.4. The van der Waals surface area contributed by atoms with Gasteiger partial charge in [-0.3, -0.25) is 4.79 Å². The summed E-state index contributed by atoms with van der Waals surface area (Å²) in [6, 6.07) is 13.3. The number of ether oxygens (including phenoxy) is 1. The number of nitrogens with one attached hydrogen (secondary N) is 1. The number of hydrogen-bond acceptors (Lipinski definition) is 4. The minimum Gasteiger partial charge on any atom is -0.435 e. The second kappa shape index (κ2) is 7.30. The van der Waals surface area contributed by atoms with E-state index in [1.54, 1.807) is 25.1 Å². The lowest BCUT2D eigenvalue weighted by Crippen LogP contribution is -2.14. The number of nitrogens with zero attached hydrogens (tertiary/aromatic N) is 3. The van der Waals surface area contributed by atoms with E-state index < -0.39 is 12.5 Å². The summed E-state index contributed by atoms with van der Waals surface area (Å²) in [6.07, 6.45) is 0. The third kappa shape index (κ3) is 4.02. The Balaban J connectivity index is 1.79. The zero-order chi connectivity index (χ0) is 18.7. The molecule has 8 heteroatoms. The van der Waals surface area contributed by atoms with Crippen LogP contribution in [0.2, 0.25) is 0 Å². The fourth-order valence-corrected chi connectivity index (χ4v) is 2.41. The Hall–Kier alpha value is -3.29. The topological polar surface area (TPSA) is 69.0 Å². The molecule has 0 radical (unpaired) electrons. The van der Waals surface area contributed by atoms with E-state index in [0.29, 0.717) is 17.2 Å². The smallest absolute Gasteiger partial charge is 0.387 e. The highest BCUT2D eigenvalue weighted by molar-refractivity contribution is 6.01. The Bertz CT molecular complexity index is 923. The van der Waals surface area contributed by atoms with Gasteiger partial charge in [-0.05, 0) is 55.8 Å². The van der Waals surface area contributed by atoms with Crippen molar-refractivity contribution in [3.05, 3.63) is 65.7 Å². The summed E-state index contributed by atoms with van der Waals surface area (Å²) in [5.74, 6) is 0.105. The maximum Gasteiger partial charge on any atom is 0.387 e. The summed E-state index contributed by atoms with van der Waals surface area (Å²) in [5.41, 5.74) is 2.24. The first-order valence-corrected chi connectivity index (χ1v) is 7.79. The van der Waals surface area contributed by atoms with Crippen LogP contribution in [-0.4, -0.2) is 27.3 Å². The molecule has 6 nitrogen and oxygen atoms in total. The van der Waals surface area contributed by atoms with Gasteiger partial charge in [0, 0.05) is 5.69 Å². The van der Waals surface area contributed by atoms with Crippen LogP contribution in [0.5, 0.6) is 5.75 Å². The van der Waals surface area contributed by atoms with Gasteiger partial charge in [0.1, 0.15) is 11.6 Å². The van der Waals surface area contributed by atoms with E-state index >= 15 is 0 Å². The molecule has 0 unspecified atom stereocenters. The number of hydrogen-bond donors (Lipinski definition) is 1. The highest BCUT2D eigenvalue weighted by atomic mass is 19.3. The Morgan fingerprint density at radius 1 is 1.15 bits per heavy atom. The molecule has 0 fully saturated rings. The molecule has 0 spiro atoms. The quantitative estimate of drug-likeness (QED) is 0.754. The highest BCUT2D eigenvalue weighted by Crippen LogP contribution is 2.18. The molecule has 3 rings (SSSR count). The van der Waals surface area contributed by atoms with E-state index in [9.17, 15) is 13.6 Å². The minimum absolute atomic E-state index is 0.0110. The van der Waals surface area contributed by atoms with Gasteiger partial charge < -0.3 is 10.1 Å². The number of rotatable bonds is 5. The Kier molecular flexibility index (Phi) is 4.92. The van der Waals surface area contributed by atoms with E-state index in [1.807, 2.05) is 25.1 Å². The Labute approximate surface area is 148 Å². The third-order valence-electron chi connectivity index (χ3n) is 3.55. The van der Waals surface area contributed by atoms with Crippen molar-refractivity contribution in [3.63, 3.8) is 0 Å². The van der Waals surface area contributed by atoms with Crippen LogP contribution >= 0.6 is 0 Å². The lowest BCUT2D eigenvalue weighted by Gasteiger charge is -2.06. The lowest BCUT2D eigenvalue weighted by molar-refractivity contribution is -0.0498. The molecule has 1 amide bonds. The van der Waals surface area contributed by atoms with Gasteiger partial charge in [-0.1, -0.05) is 12.1 Å². The van der Waals surface area contributed by atoms with Crippen molar-refractivity contribution in [1.82, 2.24) is 14.8 Å². The van der Waals surface area contributed by atoms with Crippen molar-refractivity contribution >= 4 is 11.6 Å². The zero-order valence-electron chi connectivity index (χ0n) is 14.1. The summed E-state index contributed by atoms with van der Waals surface area (Å²) in [4.78, 5) is 16.5. The van der Waals surface area contributed by atoms with Crippen molar-refractivity contribution in [2.45, 2.75) is 20.5 Å². The van der Waals surface area contributed by atoms with Gasteiger partial charge in [0.2, 0.25) is 5.82 Å². The molecular formula is C18H16F2N4O2. The van der Waals surface area contributed by atoms with Crippen molar-refractivity contribution < 1.29 is 18.3 Å². The zero-order valence-corrected chi connectivity index (χ0v) is 14.1. The molecule has 0 saturated heterocycles. The largest absolute Gasteiger partial charge is 0.435 e. The number of anilines is 1. The molecule has 2 aromatic carbocycles. The molecular weight excluding hydrogens is 342 g/mol. The molecule has 0 aliphatic rings. The van der Waals surface area contributed by atoms with Crippen molar-refractivity contribution in [2.24, 2.45) is 0 Å². The fraction of sp³-hybridized carbons (Fsp3) is 0.167. The molecule has 1 heterocycles. The predicted octanol–water partition coefficient (Wildman–Crippen LogP) is 3.74. The van der Waals surface area contributed by atoms with Gasteiger partial charge in [-0.15, -0.1) is 5.10 Å². The number of amides is 1. The van der Waals surface area contributed by atoms with E-state index in [-0.39, 0.29) is 11.6 Å². The van der Waals surface area contributed by atoms with Crippen molar-refractivity contribution in [2.75, 3.05) is 5.32 Å². The second-order valence-corrected chi connectivity index (χ2v) is 5.59. The fourth-order valence-electron chi connectivity index (χ4n) is 2.41. The van der Waals surface area contributed by atoms with Crippen LogP contribution in [0.1, 0.15) is 22.0 Å². The third-order valence-corrected chi connectivity index (χ3v) is 3.55. The molecule has 134 valence electrons. The average molecular weight is 358 g/mol. The summed E-state index contributed by atoms with van der Waals surface area (Å²) in [7, 11) is 0. The van der Waals surface area contributed by atoms with Crippen LogP contribution in [0.25, 0.3) is 5.69 Å². The van der Waals surface area contributed by atoms with Crippen molar-refractivity contribution in [3.8, 4) is 11.4 Å². The number of aryl methyl sites for hydroxylation is 2. The van der Waals surface area contributed by atoms with Crippen LogP contribution in [0.15, 0.2) is 48.5 Å². The number of aromatic nitrogens is 3. The SMILES string of the molecule is Cc1cccc(NC(=O)c2nc(C)n(-c3ccc(OC(F)F)cc3)n2)c1. The minimum atomic E-state index is -2.88. The molecule has 1 aromatic heterocycles. The van der Waals surface area contributed by atoms with Crippen molar-refractivity contribution in [1.29, 1.82) is 0 Å². The van der Waals surface area contributed by atoms with Gasteiger partial charge in [0.05, 0.1) is 5.69 Å². The van der Waals surface area contributed by atoms with Crippen LogP contribution in [0.4, 0.5) is 14.5 Å². The number of halogens is 2. The molecule has 0 bridgehead atoms. The molecule has 26 heavy (non-hydrogen) atoms. The monoisotopic (exact) mass is 358 g/mol. The van der Waals surface area contributed by atoms with Crippen LogP contribution < -0.4 is 10.1 Å². The maximum absolute atomic E-state index is 12.3. The van der Waals surface area contributed by atoms with E-state index in [2.05, 4.69) is 20.1 Å². The summed E-state index contributed by atoms with van der Waals surface area (Å²) in [5, 5.41) is 6.93. The molecule has 0 saturated carbocycles. The second-order valence-electron chi connectivity index (χ2n) is 5.59. The van der Waals surface area contributed by atoms with Gasteiger partial charge in [0.25, 0.3) is 5.91 Å². The van der Waals surface area contributed by atoms with Gasteiger partial charge in [-0.2, -0.15) is 8.78 Å². The lowest BCUT2D eigenvalue weighted by atomic mass is 10.2. The van der Waals surface area contributed by atoms with Crippen LogP contribution in [-0.2, 0) is 0 Å². The first-order valence-electron chi connectivity index (χ1n) is 7.79. The number of carbonyl (C=O) groups excluding carboxylic acids is 1. The van der Waals surface area contributed by atoms with Gasteiger partial charge in [0.15, 0.2) is 0 Å². The number of benzene rings is 2. The van der Waals surface area contributed by atoms with E-state index in [0.717, 1.165) is 5.56 Å². The first kappa shape index (κ1) is 17.5. The van der Waals surface area contributed by atoms with Crippen LogP contribution in [0, 0.1) is 13.8 Å². The van der Waals surface area contributed by atoms with Gasteiger partial charge in [-0.25, -0.2) is 9.67 Å². The average Bonchev–Trinajstić information content (AvgIpc) is 2.97. The molecule has 0 aliphatic carbocycles. The molecule has 1 N–H and O–H groups in total. The highest BCUT2D eigenvalue weighted by Gasteiger charge is 2.16. The maximum atomic E-state index is 12.3. The summed E-state index contributed by atoms with van der Waals surface area (Å²) < 4.78 is 30.2. The van der Waals surface area contributed by atoms with E-state index in [4.69, 9.17) is 0 Å². The molecule has 0 aliphatic heterocycles. The standard InChI is InChI=1S/C18H16F2N4O2/c1-11-4-3-5-13(10-11)22-17(25)16-21-12(2)24(23-16)14-6-8-15(9-7-14)26-18(19)20/h3-10,18H,1-2H3,(H,22,25). The number of alkyl halides is 2. The van der Waals surface area contributed by atoms with Gasteiger partial charge >= 0.3 is 6.61 Å². The van der Waals surface area contributed by atoms with E-state index in [1.165, 1.54) is 16.8 Å². The molecule has 3 aromatic rings. The predicted molar refractivity (Wildman–Crippen MR) is 91.9 cm³/mol. The summed E-state index contributed by atoms with van der Waals surface area (Å²) >= 11 is 0. The normalized spacial score (nSPS) is 10.8. The summed E-state index contributed by atoms with van der Waals surface area (Å²) in [6.45, 7) is 0.736. The Morgan fingerprint density at radius 2 is 1.88 bits per heavy atom. The molecule has 0 atom stereocenters. The van der Waals surface area contributed by atoms with Crippen LogP contribution in [0.3, 0.4) is 0 Å². The Morgan fingerprint density at radius 3 is 2.54 bits per heavy atom. The number of carbonyl (C=O) groups is 1.